The van der Waals surface area contributed by atoms with E-state index in [-0.39, 0.29) is 11.9 Å². The number of hydrogen-bond donors (Lipinski definition) is 0. The quantitative estimate of drug-likeness (QED) is 0.170. The van der Waals surface area contributed by atoms with Crippen molar-refractivity contribution in [3.63, 3.8) is 0 Å². The first-order valence-corrected chi connectivity index (χ1v) is 10.5. The highest BCUT2D eigenvalue weighted by atomic mass is 16.5. The Kier molecular flexibility index (Phi) is 18.4. The van der Waals surface area contributed by atoms with Crippen LogP contribution in [0.5, 0.6) is 0 Å². The summed E-state index contributed by atoms with van der Waals surface area (Å²) >= 11 is 0. The van der Waals surface area contributed by atoms with E-state index in [0.29, 0.717) is 25.2 Å². The van der Waals surface area contributed by atoms with E-state index in [2.05, 4.69) is 6.58 Å². The normalized spacial score (nSPS) is 10.6. The van der Waals surface area contributed by atoms with Gasteiger partial charge in [-0.05, 0) is 39.0 Å². The molecule has 0 spiro atoms. The van der Waals surface area contributed by atoms with E-state index in [0.717, 1.165) is 38.7 Å². The molecule has 0 aromatic rings. The van der Waals surface area contributed by atoms with E-state index < -0.39 is 0 Å². The standard InChI is InChI=1S/C22H40O5/c1-20(2)22(24)27-19-15-11-12-16-21(23)26-18-14-10-8-6-4-5-7-9-13-17-25-3/h1,4-19H2,2-3H3. The first-order valence-electron chi connectivity index (χ1n) is 10.5. The fourth-order valence-corrected chi connectivity index (χ4v) is 2.68. The lowest BCUT2D eigenvalue weighted by molar-refractivity contribution is -0.144. The maximum Gasteiger partial charge on any atom is 0.333 e. The molecule has 0 atom stereocenters. The molecular formula is C22H40O5. The summed E-state index contributed by atoms with van der Waals surface area (Å²) in [5.41, 5.74) is 0.413. The lowest BCUT2D eigenvalue weighted by Crippen LogP contribution is -2.07. The number of carbonyl (C=O) groups is 2. The molecule has 0 unspecified atom stereocenters. The SMILES string of the molecule is C=C(C)C(=O)OCCCCCC(=O)OCCCCCCCCCCCOC. The van der Waals surface area contributed by atoms with Crippen LogP contribution >= 0.6 is 0 Å². The average molecular weight is 385 g/mol. The summed E-state index contributed by atoms with van der Waals surface area (Å²) < 4.78 is 15.3. The van der Waals surface area contributed by atoms with Crippen LogP contribution in [0.15, 0.2) is 12.2 Å². The molecule has 0 amide bonds. The molecule has 0 radical (unpaired) electrons. The van der Waals surface area contributed by atoms with Gasteiger partial charge in [-0.1, -0.05) is 51.5 Å². The fourth-order valence-electron chi connectivity index (χ4n) is 2.68. The maximum absolute atomic E-state index is 11.6. The number of ether oxygens (including phenoxy) is 3. The Labute approximate surface area is 165 Å². The molecule has 0 N–H and O–H groups in total. The van der Waals surface area contributed by atoms with E-state index in [1.165, 1.54) is 44.9 Å². The molecular weight excluding hydrogens is 344 g/mol. The number of esters is 2. The summed E-state index contributed by atoms with van der Waals surface area (Å²) in [5.74, 6) is -0.471. The Morgan fingerprint density at radius 3 is 1.63 bits per heavy atom. The molecule has 0 aliphatic rings. The topological polar surface area (TPSA) is 61.8 Å². The summed E-state index contributed by atoms with van der Waals surface area (Å²) in [5, 5.41) is 0. The fraction of sp³-hybridized carbons (Fsp3) is 0.818. The highest BCUT2D eigenvalue weighted by Gasteiger charge is 2.04. The van der Waals surface area contributed by atoms with Crippen LogP contribution in [-0.4, -0.2) is 38.9 Å². The lowest BCUT2D eigenvalue weighted by atomic mass is 10.1. The minimum absolute atomic E-state index is 0.120. The Hall–Kier alpha value is -1.36. The van der Waals surface area contributed by atoms with Crippen LogP contribution in [0.2, 0.25) is 0 Å². The molecule has 0 aromatic heterocycles. The number of methoxy groups -OCH3 is 1. The Morgan fingerprint density at radius 1 is 0.667 bits per heavy atom. The minimum Gasteiger partial charge on any atom is -0.466 e. The van der Waals surface area contributed by atoms with Crippen LogP contribution in [0.3, 0.4) is 0 Å². The van der Waals surface area contributed by atoms with Crippen molar-refractivity contribution in [2.24, 2.45) is 0 Å². The van der Waals surface area contributed by atoms with E-state index in [4.69, 9.17) is 14.2 Å². The van der Waals surface area contributed by atoms with Crippen molar-refractivity contribution in [3.8, 4) is 0 Å². The molecule has 0 saturated heterocycles. The monoisotopic (exact) mass is 384 g/mol. The van der Waals surface area contributed by atoms with Crippen molar-refractivity contribution in [2.45, 2.75) is 90.4 Å². The van der Waals surface area contributed by atoms with E-state index >= 15 is 0 Å². The van der Waals surface area contributed by atoms with E-state index in [1.807, 2.05) is 0 Å². The summed E-state index contributed by atoms with van der Waals surface area (Å²) in [6.07, 6.45) is 13.8. The third-order valence-corrected chi connectivity index (χ3v) is 4.36. The largest absolute Gasteiger partial charge is 0.466 e. The molecule has 0 aliphatic carbocycles. The van der Waals surface area contributed by atoms with Crippen LogP contribution in [0.1, 0.15) is 90.4 Å². The van der Waals surface area contributed by atoms with Crippen LogP contribution in [0.25, 0.3) is 0 Å². The first kappa shape index (κ1) is 25.6. The molecule has 0 fully saturated rings. The molecule has 5 heteroatoms. The number of hydrogen-bond acceptors (Lipinski definition) is 5. The van der Waals surface area contributed by atoms with Gasteiger partial charge < -0.3 is 14.2 Å². The van der Waals surface area contributed by atoms with Gasteiger partial charge in [0.25, 0.3) is 0 Å². The van der Waals surface area contributed by atoms with Gasteiger partial charge in [-0.3, -0.25) is 4.79 Å². The van der Waals surface area contributed by atoms with Gasteiger partial charge in [-0.15, -0.1) is 0 Å². The van der Waals surface area contributed by atoms with Crippen molar-refractivity contribution >= 4 is 11.9 Å². The third-order valence-electron chi connectivity index (χ3n) is 4.36. The Balaban J connectivity index is 3.24. The van der Waals surface area contributed by atoms with Gasteiger partial charge >= 0.3 is 11.9 Å². The van der Waals surface area contributed by atoms with Gasteiger partial charge in [0.1, 0.15) is 0 Å². The predicted molar refractivity (Wildman–Crippen MR) is 109 cm³/mol. The van der Waals surface area contributed by atoms with E-state index in [1.54, 1.807) is 14.0 Å². The molecule has 0 aliphatic heterocycles. The smallest absolute Gasteiger partial charge is 0.333 e. The molecule has 0 rings (SSSR count). The summed E-state index contributed by atoms with van der Waals surface area (Å²) in [6.45, 7) is 6.95. The van der Waals surface area contributed by atoms with Gasteiger partial charge in [-0.2, -0.15) is 0 Å². The molecule has 0 aromatic carbocycles. The van der Waals surface area contributed by atoms with Crippen LogP contribution < -0.4 is 0 Å². The molecule has 5 nitrogen and oxygen atoms in total. The highest BCUT2D eigenvalue weighted by Crippen LogP contribution is 2.10. The predicted octanol–water partition coefficient (Wildman–Crippen LogP) is 5.37. The zero-order chi connectivity index (χ0) is 20.2. The van der Waals surface area contributed by atoms with Gasteiger partial charge in [0, 0.05) is 25.7 Å². The Morgan fingerprint density at radius 2 is 1.11 bits per heavy atom. The van der Waals surface area contributed by atoms with Crippen molar-refractivity contribution in [3.05, 3.63) is 12.2 Å². The average Bonchev–Trinajstić information content (AvgIpc) is 2.65. The zero-order valence-corrected chi connectivity index (χ0v) is 17.6. The van der Waals surface area contributed by atoms with Gasteiger partial charge in [0.2, 0.25) is 0 Å². The van der Waals surface area contributed by atoms with Crippen molar-refractivity contribution in [2.75, 3.05) is 26.9 Å². The molecule has 158 valence electrons. The lowest BCUT2D eigenvalue weighted by Gasteiger charge is -2.06. The first-order chi connectivity index (χ1) is 13.1. The van der Waals surface area contributed by atoms with Crippen molar-refractivity contribution in [1.82, 2.24) is 0 Å². The second-order valence-electron chi connectivity index (χ2n) is 7.12. The molecule has 27 heavy (non-hydrogen) atoms. The maximum atomic E-state index is 11.6. The second-order valence-corrected chi connectivity index (χ2v) is 7.12. The molecule has 0 bridgehead atoms. The highest BCUT2D eigenvalue weighted by molar-refractivity contribution is 5.86. The second kappa shape index (κ2) is 19.4. The minimum atomic E-state index is -0.350. The van der Waals surface area contributed by atoms with Gasteiger partial charge in [0.15, 0.2) is 0 Å². The summed E-state index contributed by atoms with van der Waals surface area (Å²) in [7, 11) is 1.75. The van der Waals surface area contributed by atoms with Gasteiger partial charge in [-0.25, -0.2) is 4.79 Å². The van der Waals surface area contributed by atoms with Crippen LogP contribution in [0.4, 0.5) is 0 Å². The summed E-state index contributed by atoms with van der Waals surface area (Å²) in [6, 6.07) is 0. The third kappa shape index (κ3) is 19.2. The van der Waals surface area contributed by atoms with Crippen molar-refractivity contribution < 1.29 is 23.8 Å². The summed E-state index contributed by atoms with van der Waals surface area (Å²) in [4.78, 5) is 22.8. The number of rotatable bonds is 19. The van der Waals surface area contributed by atoms with Crippen LogP contribution in [-0.2, 0) is 23.8 Å². The number of carbonyl (C=O) groups excluding carboxylic acids is 2. The van der Waals surface area contributed by atoms with E-state index in [9.17, 15) is 9.59 Å². The van der Waals surface area contributed by atoms with Gasteiger partial charge in [0.05, 0.1) is 13.2 Å². The number of unbranched alkanes of at least 4 members (excludes halogenated alkanes) is 10. The Bertz CT molecular complexity index is 392. The molecule has 0 heterocycles. The van der Waals surface area contributed by atoms with Crippen LogP contribution in [0, 0.1) is 0 Å². The van der Waals surface area contributed by atoms with Crippen molar-refractivity contribution in [1.29, 1.82) is 0 Å². The molecule has 0 saturated carbocycles. The zero-order valence-electron chi connectivity index (χ0n) is 17.6.